The van der Waals surface area contributed by atoms with E-state index in [1.54, 1.807) is 6.26 Å². The van der Waals surface area contributed by atoms with Crippen LogP contribution in [0, 0.1) is 11.8 Å². The lowest BCUT2D eigenvalue weighted by Crippen LogP contribution is -2.29. The number of hydrazine groups is 1. The van der Waals surface area contributed by atoms with Crippen molar-refractivity contribution in [3.63, 3.8) is 0 Å². The minimum atomic E-state index is 0.152. The summed E-state index contributed by atoms with van der Waals surface area (Å²) >= 11 is 3.43. The van der Waals surface area contributed by atoms with E-state index in [1.807, 2.05) is 6.07 Å². The Hall–Kier alpha value is -0.320. The zero-order valence-electron chi connectivity index (χ0n) is 7.46. The fourth-order valence-electron chi connectivity index (χ4n) is 1.74. The van der Waals surface area contributed by atoms with E-state index in [0.717, 1.165) is 16.2 Å². The van der Waals surface area contributed by atoms with Crippen molar-refractivity contribution >= 4 is 15.9 Å². The van der Waals surface area contributed by atoms with Crippen molar-refractivity contribution in [1.29, 1.82) is 0 Å². The molecule has 0 spiro atoms. The molecule has 2 rings (SSSR count). The molecule has 1 aliphatic carbocycles. The number of hydrogen-bond acceptors (Lipinski definition) is 3. The van der Waals surface area contributed by atoms with E-state index in [9.17, 15) is 0 Å². The maximum absolute atomic E-state index is 5.51. The van der Waals surface area contributed by atoms with Crippen molar-refractivity contribution in [2.24, 2.45) is 17.7 Å². The molecule has 3 unspecified atom stereocenters. The molecule has 0 bridgehead atoms. The Bertz CT molecular complexity index is 300. The van der Waals surface area contributed by atoms with Gasteiger partial charge in [-0.15, -0.1) is 0 Å². The predicted octanol–water partition coefficient (Wildman–Crippen LogP) is 2.20. The van der Waals surface area contributed by atoms with Crippen LogP contribution in [0.1, 0.15) is 25.1 Å². The average molecular weight is 245 g/mol. The van der Waals surface area contributed by atoms with Crippen LogP contribution in [0.4, 0.5) is 0 Å². The van der Waals surface area contributed by atoms with E-state index in [2.05, 4.69) is 28.3 Å². The lowest BCUT2D eigenvalue weighted by atomic mass is 10.1. The minimum Gasteiger partial charge on any atom is -0.466 e. The summed E-state index contributed by atoms with van der Waals surface area (Å²) in [5.74, 6) is 7.79. The lowest BCUT2D eigenvalue weighted by Gasteiger charge is -2.12. The highest BCUT2D eigenvalue weighted by Gasteiger charge is 2.41. The summed E-state index contributed by atoms with van der Waals surface area (Å²) < 4.78 is 6.37. The Morgan fingerprint density at radius 1 is 1.77 bits per heavy atom. The lowest BCUT2D eigenvalue weighted by molar-refractivity contribution is 0.376. The normalized spacial score (nSPS) is 28.8. The van der Waals surface area contributed by atoms with E-state index in [-0.39, 0.29) is 6.04 Å². The summed E-state index contributed by atoms with van der Waals surface area (Å²) in [7, 11) is 0. The van der Waals surface area contributed by atoms with Crippen molar-refractivity contribution in [1.82, 2.24) is 5.43 Å². The van der Waals surface area contributed by atoms with Gasteiger partial charge >= 0.3 is 0 Å². The molecular formula is C9H13BrN2O. The molecule has 1 aromatic rings. The van der Waals surface area contributed by atoms with Gasteiger partial charge in [0.25, 0.3) is 0 Å². The molecular weight excluding hydrogens is 232 g/mol. The molecule has 1 aliphatic rings. The van der Waals surface area contributed by atoms with E-state index < -0.39 is 0 Å². The average Bonchev–Trinajstić information content (AvgIpc) is 2.65. The fraction of sp³-hybridized carbons (Fsp3) is 0.556. The first-order chi connectivity index (χ1) is 6.24. The number of halogens is 1. The third-order valence-corrected chi connectivity index (χ3v) is 3.36. The maximum Gasteiger partial charge on any atom is 0.136 e. The van der Waals surface area contributed by atoms with Gasteiger partial charge in [-0.25, -0.2) is 5.43 Å². The summed E-state index contributed by atoms with van der Waals surface area (Å²) in [5, 5.41) is 0. The topological polar surface area (TPSA) is 51.2 Å². The van der Waals surface area contributed by atoms with Crippen LogP contribution in [0.3, 0.4) is 0 Å². The molecule has 0 saturated heterocycles. The SMILES string of the molecule is CC1CC1C(NN)c1occc1Br. The summed E-state index contributed by atoms with van der Waals surface area (Å²) in [4.78, 5) is 0. The molecule has 1 fully saturated rings. The number of hydrogen-bond donors (Lipinski definition) is 2. The molecule has 1 aromatic heterocycles. The number of nitrogens with one attached hydrogen (secondary N) is 1. The van der Waals surface area contributed by atoms with Crippen molar-refractivity contribution in [3.05, 3.63) is 22.6 Å². The Morgan fingerprint density at radius 3 is 2.85 bits per heavy atom. The van der Waals surface area contributed by atoms with Crippen LogP contribution >= 0.6 is 15.9 Å². The van der Waals surface area contributed by atoms with Gasteiger partial charge in [0.15, 0.2) is 0 Å². The van der Waals surface area contributed by atoms with Crippen LogP contribution < -0.4 is 11.3 Å². The highest BCUT2D eigenvalue weighted by Crippen LogP contribution is 2.47. The summed E-state index contributed by atoms with van der Waals surface area (Å²) in [6.07, 6.45) is 2.90. The second-order valence-electron chi connectivity index (χ2n) is 3.65. The molecule has 1 saturated carbocycles. The molecule has 3 N–H and O–H groups in total. The van der Waals surface area contributed by atoms with E-state index >= 15 is 0 Å². The first-order valence-corrected chi connectivity index (χ1v) is 5.22. The maximum atomic E-state index is 5.51. The molecule has 72 valence electrons. The molecule has 0 radical (unpaired) electrons. The van der Waals surface area contributed by atoms with Crippen LogP contribution in [0.2, 0.25) is 0 Å². The zero-order valence-corrected chi connectivity index (χ0v) is 9.04. The number of rotatable bonds is 3. The summed E-state index contributed by atoms with van der Waals surface area (Å²) in [6.45, 7) is 2.23. The van der Waals surface area contributed by atoms with Gasteiger partial charge in [-0.3, -0.25) is 5.84 Å². The van der Waals surface area contributed by atoms with E-state index in [0.29, 0.717) is 5.92 Å². The molecule has 3 nitrogen and oxygen atoms in total. The second kappa shape index (κ2) is 3.44. The Kier molecular flexibility index (Phi) is 2.45. The highest BCUT2D eigenvalue weighted by atomic mass is 79.9. The number of furan rings is 1. The van der Waals surface area contributed by atoms with Crippen LogP contribution in [-0.2, 0) is 0 Å². The van der Waals surface area contributed by atoms with Crippen LogP contribution in [0.5, 0.6) is 0 Å². The van der Waals surface area contributed by atoms with Gasteiger partial charge in [0.1, 0.15) is 5.76 Å². The first kappa shape index (κ1) is 9.24. The molecule has 3 atom stereocenters. The van der Waals surface area contributed by atoms with Crippen molar-refractivity contribution in [3.8, 4) is 0 Å². The van der Waals surface area contributed by atoms with Gasteiger partial charge in [0.05, 0.1) is 16.8 Å². The zero-order chi connectivity index (χ0) is 9.42. The molecule has 0 aromatic carbocycles. The third-order valence-electron chi connectivity index (χ3n) is 2.71. The fourth-order valence-corrected chi connectivity index (χ4v) is 2.18. The minimum absolute atomic E-state index is 0.152. The van der Waals surface area contributed by atoms with Crippen LogP contribution in [0.25, 0.3) is 0 Å². The molecule has 13 heavy (non-hydrogen) atoms. The monoisotopic (exact) mass is 244 g/mol. The standard InChI is InChI=1S/C9H13BrN2O/c1-5-4-6(5)8(12-11)9-7(10)2-3-13-9/h2-3,5-6,8,12H,4,11H2,1H3. The summed E-state index contributed by atoms with van der Waals surface area (Å²) in [6, 6.07) is 2.05. The Balaban J connectivity index is 2.17. The van der Waals surface area contributed by atoms with Crippen molar-refractivity contribution in [2.45, 2.75) is 19.4 Å². The van der Waals surface area contributed by atoms with E-state index in [1.165, 1.54) is 6.42 Å². The number of nitrogens with two attached hydrogens (primary N) is 1. The third kappa shape index (κ3) is 1.66. The van der Waals surface area contributed by atoms with E-state index in [4.69, 9.17) is 10.3 Å². The van der Waals surface area contributed by atoms with Crippen LogP contribution in [-0.4, -0.2) is 0 Å². The quantitative estimate of drug-likeness (QED) is 0.634. The predicted molar refractivity (Wildman–Crippen MR) is 53.7 cm³/mol. The van der Waals surface area contributed by atoms with Crippen molar-refractivity contribution in [2.75, 3.05) is 0 Å². The summed E-state index contributed by atoms with van der Waals surface area (Å²) in [5.41, 5.74) is 2.81. The van der Waals surface area contributed by atoms with Crippen molar-refractivity contribution < 1.29 is 4.42 Å². The smallest absolute Gasteiger partial charge is 0.136 e. The van der Waals surface area contributed by atoms with Gasteiger partial charge in [-0.1, -0.05) is 6.92 Å². The van der Waals surface area contributed by atoms with Gasteiger partial charge in [-0.2, -0.15) is 0 Å². The molecule has 0 amide bonds. The van der Waals surface area contributed by atoms with Gasteiger partial charge < -0.3 is 4.42 Å². The van der Waals surface area contributed by atoms with Gasteiger partial charge in [0, 0.05) is 0 Å². The first-order valence-electron chi connectivity index (χ1n) is 4.43. The molecule has 1 heterocycles. The van der Waals surface area contributed by atoms with Crippen LogP contribution in [0.15, 0.2) is 21.2 Å². The van der Waals surface area contributed by atoms with Gasteiger partial charge in [-0.05, 0) is 40.3 Å². The largest absolute Gasteiger partial charge is 0.466 e. The van der Waals surface area contributed by atoms with Gasteiger partial charge in [0.2, 0.25) is 0 Å². The molecule has 4 heteroatoms. The Labute approximate surface area is 85.8 Å². The highest BCUT2D eigenvalue weighted by molar-refractivity contribution is 9.10. The second-order valence-corrected chi connectivity index (χ2v) is 4.51. The molecule has 0 aliphatic heterocycles. The Morgan fingerprint density at radius 2 is 2.46 bits per heavy atom.